The highest BCUT2D eigenvalue weighted by Crippen LogP contribution is 2.23. The van der Waals surface area contributed by atoms with Gasteiger partial charge in [0.2, 0.25) is 0 Å². The molecule has 0 bridgehead atoms. The number of carbonyl (C=O) groups excluding carboxylic acids is 1. The normalized spacial score (nSPS) is 11.9. The zero-order chi connectivity index (χ0) is 20.3. The van der Waals surface area contributed by atoms with Crippen molar-refractivity contribution in [2.75, 3.05) is 7.05 Å². The van der Waals surface area contributed by atoms with E-state index in [4.69, 9.17) is 0 Å². The lowest BCUT2D eigenvalue weighted by Crippen LogP contribution is -2.29. The van der Waals surface area contributed by atoms with E-state index in [1.807, 2.05) is 44.2 Å². The Hall–Kier alpha value is -3.08. The Bertz CT molecular complexity index is 968. The summed E-state index contributed by atoms with van der Waals surface area (Å²) < 4.78 is 13.1. The Balaban J connectivity index is 1.79. The van der Waals surface area contributed by atoms with Crippen LogP contribution in [0.1, 0.15) is 47.3 Å². The van der Waals surface area contributed by atoms with Gasteiger partial charge in [-0.25, -0.2) is 14.4 Å². The smallest absolute Gasteiger partial charge is 0.254 e. The van der Waals surface area contributed by atoms with E-state index in [0.717, 1.165) is 34.8 Å². The predicted molar refractivity (Wildman–Crippen MR) is 108 cm³/mol. The van der Waals surface area contributed by atoms with Gasteiger partial charge in [-0.2, -0.15) is 0 Å². The van der Waals surface area contributed by atoms with Crippen molar-refractivity contribution in [1.82, 2.24) is 14.9 Å². The minimum absolute atomic E-state index is 0.0866. The minimum Gasteiger partial charge on any atom is -0.335 e. The van der Waals surface area contributed by atoms with Gasteiger partial charge >= 0.3 is 0 Å². The molecule has 3 rings (SSSR count). The van der Waals surface area contributed by atoms with Crippen molar-refractivity contribution in [2.24, 2.45) is 0 Å². The standard InChI is InChI=1S/C23H24FN3O/c1-5-21-14-22(26-16(3)25-21)18-6-8-19(9-7-18)23(28)27(4)15(2)17-10-12-20(24)13-11-17/h6-15H,5H2,1-4H3/t15-/m0/s1. The van der Waals surface area contributed by atoms with Gasteiger partial charge in [0.1, 0.15) is 11.6 Å². The first-order valence-corrected chi connectivity index (χ1v) is 9.36. The number of aromatic nitrogens is 2. The van der Waals surface area contributed by atoms with E-state index in [2.05, 4.69) is 16.9 Å². The van der Waals surface area contributed by atoms with Crippen LogP contribution in [0, 0.1) is 12.7 Å². The number of carbonyl (C=O) groups is 1. The van der Waals surface area contributed by atoms with Gasteiger partial charge in [0.05, 0.1) is 11.7 Å². The van der Waals surface area contributed by atoms with Crippen LogP contribution in [0.2, 0.25) is 0 Å². The number of hydrogen-bond donors (Lipinski definition) is 0. The molecule has 3 aromatic rings. The second kappa shape index (κ2) is 8.30. The molecule has 0 radical (unpaired) electrons. The van der Waals surface area contributed by atoms with Crippen molar-refractivity contribution >= 4 is 5.91 Å². The molecule has 0 saturated carbocycles. The van der Waals surface area contributed by atoms with Crippen molar-refractivity contribution in [3.63, 3.8) is 0 Å². The van der Waals surface area contributed by atoms with E-state index in [9.17, 15) is 9.18 Å². The van der Waals surface area contributed by atoms with Gasteiger partial charge in [-0.3, -0.25) is 4.79 Å². The van der Waals surface area contributed by atoms with Crippen molar-refractivity contribution in [3.05, 3.63) is 83.1 Å². The molecule has 0 spiro atoms. The molecule has 1 heterocycles. The summed E-state index contributed by atoms with van der Waals surface area (Å²) in [7, 11) is 1.76. The molecule has 0 saturated heterocycles. The summed E-state index contributed by atoms with van der Waals surface area (Å²) in [6, 6.07) is 15.5. The molecule has 4 nitrogen and oxygen atoms in total. The quantitative estimate of drug-likeness (QED) is 0.629. The van der Waals surface area contributed by atoms with Gasteiger partial charge in [0, 0.05) is 23.9 Å². The molecule has 5 heteroatoms. The Morgan fingerprint density at radius 2 is 1.71 bits per heavy atom. The molecule has 28 heavy (non-hydrogen) atoms. The number of halogens is 1. The van der Waals surface area contributed by atoms with Gasteiger partial charge < -0.3 is 4.90 Å². The lowest BCUT2D eigenvalue weighted by Gasteiger charge is -2.25. The zero-order valence-electron chi connectivity index (χ0n) is 16.6. The molecule has 1 aromatic heterocycles. The Labute approximate surface area is 165 Å². The summed E-state index contributed by atoms with van der Waals surface area (Å²) in [6.45, 7) is 5.87. The van der Waals surface area contributed by atoms with Crippen LogP contribution < -0.4 is 0 Å². The third-order valence-corrected chi connectivity index (χ3v) is 4.93. The van der Waals surface area contributed by atoms with Gasteiger partial charge in [-0.1, -0.05) is 31.2 Å². The van der Waals surface area contributed by atoms with Crippen LogP contribution in [-0.4, -0.2) is 27.8 Å². The van der Waals surface area contributed by atoms with Gasteiger partial charge in [-0.15, -0.1) is 0 Å². The minimum atomic E-state index is -0.285. The highest BCUT2D eigenvalue weighted by Gasteiger charge is 2.19. The van der Waals surface area contributed by atoms with Crippen LogP contribution in [0.15, 0.2) is 54.6 Å². The third kappa shape index (κ3) is 4.25. The maximum absolute atomic E-state index is 13.1. The molecule has 0 aliphatic heterocycles. The van der Waals surface area contributed by atoms with Crippen LogP contribution >= 0.6 is 0 Å². The third-order valence-electron chi connectivity index (χ3n) is 4.93. The average Bonchev–Trinajstić information content (AvgIpc) is 2.72. The van der Waals surface area contributed by atoms with E-state index < -0.39 is 0 Å². The SMILES string of the molecule is CCc1cc(-c2ccc(C(=O)N(C)[C@@H](C)c3ccc(F)cc3)cc2)nc(C)n1. The Kier molecular flexibility index (Phi) is 5.83. The van der Waals surface area contributed by atoms with Crippen molar-refractivity contribution < 1.29 is 9.18 Å². The van der Waals surface area contributed by atoms with Crippen LogP contribution in [0.4, 0.5) is 4.39 Å². The van der Waals surface area contributed by atoms with E-state index in [-0.39, 0.29) is 17.8 Å². The highest BCUT2D eigenvalue weighted by molar-refractivity contribution is 5.94. The second-order valence-corrected chi connectivity index (χ2v) is 6.87. The average molecular weight is 377 g/mol. The van der Waals surface area contributed by atoms with E-state index in [0.29, 0.717) is 5.56 Å². The monoisotopic (exact) mass is 377 g/mol. The maximum Gasteiger partial charge on any atom is 0.254 e. The zero-order valence-corrected chi connectivity index (χ0v) is 16.6. The van der Waals surface area contributed by atoms with Gasteiger partial charge in [-0.05, 0) is 56.2 Å². The van der Waals surface area contributed by atoms with E-state index in [1.165, 1.54) is 12.1 Å². The molecule has 0 N–H and O–H groups in total. The lowest BCUT2D eigenvalue weighted by molar-refractivity contribution is 0.0742. The highest BCUT2D eigenvalue weighted by atomic mass is 19.1. The molecule has 1 atom stereocenters. The molecule has 0 unspecified atom stereocenters. The fourth-order valence-electron chi connectivity index (χ4n) is 3.09. The van der Waals surface area contributed by atoms with Gasteiger partial charge in [0.15, 0.2) is 0 Å². The van der Waals surface area contributed by atoms with Crippen LogP contribution in [0.25, 0.3) is 11.3 Å². The summed E-state index contributed by atoms with van der Waals surface area (Å²) in [4.78, 5) is 23.4. The molecule has 1 amide bonds. The second-order valence-electron chi connectivity index (χ2n) is 6.87. The molecule has 0 aliphatic rings. The first-order chi connectivity index (χ1) is 13.4. The number of benzene rings is 2. The van der Waals surface area contributed by atoms with Crippen molar-refractivity contribution in [1.29, 1.82) is 0 Å². The molecule has 2 aromatic carbocycles. The summed E-state index contributed by atoms with van der Waals surface area (Å²) in [5, 5.41) is 0. The Morgan fingerprint density at radius 1 is 1.07 bits per heavy atom. The van der Waals surface area contributed by atoms with E-state index in [1.54, 1.807) is 24.1 Å². The predicted octanol–water partition coefficient (Wildman–Crippen LogP) is 4.99. The van der Waals surface area contributed by atoms with Crippen LogP contribution in [-0.2, 0) is 6.42 Å². The number of aryl methyl sites for hydroxylation is 2. The number of nitrogens with zero attached hydrogens (tertiary/aromatic N) is 3. The summed E-state index contributed by atoms with van der Waals surface area (Å²) in [5.74, 6) is 0.366. The fourth-order valence-corrected chi connectivity index (χ4v) is 3.09. The number of hydrogen-bond acceptors (Lipinski definition) is 3. The first kappa shape index (κ1) is 19.7. The largest absolute Gasteiger partial charge is 0.335 e. The summed E-state index contributed by atoms with van der Waals surface area (Å²) >= 11 is 0. The van der Waals surface area contributed by atoms with Gasteiger partial charge in [0.25, 0.3) is 5.91 Å². The summed E-state index contributed by atoms with van der Waals surface area (Å²) in [6.07, 6.45) is 0.846. The fraction of sp³-hybridized carbons (Fsp3) is 0.261. The van der Waals surface area contributed by atoms with Crippen molar-refractivity contribution in [2.45, 2.75) is 33.2 Å². The number of rotatable bonds is 5. The lowest BCUT2D eigenvalue weighted by atomic mass is 10.0. The maximum atomic E-state index is 13.1. The molecular formula is C23H24FN3O. The van der Waals surface area contributed by atoms with Crippen LogP contribution in [0.5, 0.6) is 0 Å². The topological polar surface area (TPSA) is 46.1 Å². The Morgan fingerprint density at radius 3 is 2.32 bits per heavy atom. The molecular weight excluding hydrogens is 353 g/mol. The molecule has 0 fully saturated rings. The molecule has 0 aliphatic carbocycles. The molecule has 144 valence electrons. The number of amides is 1. The van der Waals surface area contributed by atoms with E-state index >= 15 is 0 Å². The first-order valence-electron chi connectivity index (χ1n) is 9.36. The van der Waals surface area contributed by atoms with Crippen molar-refractivity contribution in [3.8, 4) is 11.3 Å². The van der Waals surface area contributed by atoms with Crippen LogP contribution in [0.3, 0.4) is 0 Å². The summed E-state index contributed by atoms with van der Waals surface area (Å²) in [5.41, 5.74) is 4.29.